The molecule has 0 atom stereocenters. The fourth-order valence-corrected chi connectivity index (χ4v) is 3.45. The molecule has 0 unspecified atom stereocenters. The smallest absolute Gasteiger partial charge is 0.278 e. The average Bonchev–Trinajstić information content (AvgIpc) is 2.82. The number of aromatic nitrogens is 1. The van der Waals surface area contributed by atoms with Gasteiger partial charge in [-0.2, -0.15) is 4.91 Å². The van der Waals surface area contributed by atoms with E-state index >= 15 is 0 Å². The second kappa shape index (κ2) is 10.5. The summed E-state index contributed by atoms with van der Waals surface area (Å²) in [6.45, 7) is 0.338. The molecule has 4 rings (SSSR count). The molecule has 11 heteroatoms. The third-order valence-electron chi connectivity index (χ3n) is 5.01. The molecule has 176 valence electrons. The summed E-state index contributed by atoms with van der Waals surface area (Å²) in [6, 6.07) is 11.3. The van der Waals surface area contributed by atoms with Crippen LogP contribution in [0.5, 0.6) is 5.75 Å². The van der Waals surface area contributed by atoms with E-state index in [0.717, 1.165) is 0 Å². The number of pyridine rings is 1. The van der Waals surface area contributed by atoms with E-state index in [-0.39, 0.29) is 31.0 Å². The van der Waals surface area contributed by atoms with E-state index in [1.807, 2.05) is 0 Å². The summed E-state index contributed by atoms with van der Waals surface area (Å²) in [5.41, 5.74) is -0.179. The third-order valence-corrected chi connectivity index (χ3v) is 5.01. The Morgan fingerprint density at radius 2 is 1.47 bits per heavy atom. The number of nitrogens with zero attached hydrogens (tertiary/aromatic N) is 4. The molecular formula is C23H20F2N4O5. The molecule has 0 fully saturated rings. The SMILES string of the molecule is CN=O.O=Cc1cn2c(c(O)c1=O)C(=O)N(Cc1ccc(F)cc1)CN2Cc1ccc(F)cc1. The lowest BCUT2D eigenvalue weighted by molar-refractivity contribution is 0.0670. The lowest BCUT2D eigenvalue weighted by Crippen LogP contribution is -2.53. The van der Waals surface area contributed by atoms with Crippen LogP contribution in [0.3, 0.4) is 0 Å². The van der Waals surface area contributed by atoms with Gasteiger partial charge >= 0.3 is 0 Å². The van der Waals surface area contributed by atoms with Crippen molar-refractivity contribution in [1.29, 1.82) is 0 Å². The van der Waals surface area contributed by atoms with Crippen molar-refractivity contribution in [2.24, 2.45) is 5.18 Å². The standard InChI is InChI=1S/C22H17F2N3O4.CH3NO/c23-17-5-1-14(2-6-17)9-25-13-26(10-15-3-7-18(24)8-4-15)27-11-16(12-28)20(29)21(30)19(27)22(25)31;1-2-3/h1-8,11-12,30H,9-10,13H2;1H3. The summed E-state index contributed by atoms with van der Waals surface area (Å²) in [4.78, 5) is 46.5. The minimum atomic E-state index is -0.944. The Labute approximate surface area is 192 Å². The summed E-state index contributed by atoms with van der Waals surface area (Å²) in [5.74, 6) is -2.27. The van der Waals surface area contributed by atoms with E-state index in [2.05, 4.69) is 5.18 Å². The molecule has 0 saturated carbocycles. The molecule has 1 N–H and O–H groups in total. The van der Waals surface area contributed by atoms with Gasteiger partial charge in [0.25, 0.3) is 5.91 Å². The van der Waals surface area contributed by atoms with Crippen molar-refractivity contribution in [2.75, 3.05) is 18.7 Å². The molecule has 1 amide bonds. The van der Waals surface area contributed by atoms with Crippen LogP contribution in [0.1, 0.15) is 32.0 Å². The Kier molecular flexibility index (Phi) is 7.46. The predicted molar refractivity (Wildman–Crippen MR) is 119 cm³/mol. The molecule has 1 aliphatic rings. The molecule has 0 spiro atoms. The number of carbonyl (C=O) groups excluding carboxylic acids is 2. The second-order valence-corrected chi connectivity index (χ2v) is 7.32. The molecule has 0 radical (unpaired) electrons. The van der Waals surface area contributed by atoms with Gasteiger partial charge in [0.05, 0.1) is 19.2 Å². The van der Waals surface area contributed by atoms with E-state index < -0.39 is 28.7 Å². The predicted octanol–water partition coefficient (Wildman–Crippen LogP) is 2.78. The molecule has 1 aromatic heterocycles. The minimum Gasteiger partial charge on any atom is -0.502 e. The fraction of sp³-hybridized carbons (Fsp3) is 0.174. The van der Waals surface area contributed by atoms with Crippen LogP contribution < -0.4 is 10.4 Å². The number of halogens is 2. The molecule has 2 aromatic carbocycles. The van der Waals surface area contributed by atoms with Gasteiger partial charge in [0, 0.05) is 12.7 Å². The van der Waals surface area contributed by atoms with E-state index in [4.69, 9.17) is 4.91 Å². The van der Waals surface area contributed by atoms with Crippen LogP contribution in [0.2, 0.25) is 0 Å². The molecule has 0 saturated heterocycles. The van der Waals surface area contributed by atoms with Gasteiger partial charge in [0.2, 0.25) is 5.43 Å². The van der Waals surface area contributed by atoms with Gasteiger partial charge in [-0.05, 0) is 35.4 Å². The van der Waals surface area contributed by atoms with Crippen LogP contribution in [0.15, 0.2) is 64.7 Å². The Morgan fingerprint density at radius 3 is 1.97 bits per heavy atom. The molecule has 0 aliphatic carbocycles. The van der Waals surface area contributed by atoms with Gasteiger partial charge in [-0.25, -0.2) is 8.78 Å². The highest BCUT2D eigenvalue weighted by atomic mass is 19.1. The Morgan fingerprint density at radius 1 is 0.971 bits per heavy atom. The lowest BCUT2D eigenvalue weighted by Gasteiger charge is -2.40. The zero-order valence-corrected chi connectivity index (χ0v) is 18.0. The van der Waals surface area contributed by atoms with Gasteiger partial charge in [0.1, 0.15) is 18.3 Å². The van der Waals surface area contributed by atoms with Crippen LogP contribution in [-0.2, 0) is 13.1 Å². The van der Waals surface area contributed by atoms with Crippen molar-refractivity contribution in [3.05, 3.63) is 104 Å². The number of rotatable bonds is 5. The average molecular weight is 470 g/mol. The maximum atomic E-state index is 13.3. The third kappa shape index (κ3) is 5.14. The summed E-state index contributed by atoms with van der Waals surface area (Å²) in [7, 11) is 1.19. The molecule has 9 nitrogen and oxygen atoms in total. The van der Waals surface area contributed by atoms with E-state index in [1.165, 1.54) is 59.2 Å². The molecule has 1 aliphatic heterocycles. The van der Waals surface area contributed by atoms with Gasteiger partial charge in [-0.3, -0.25) is 24.1 Å². The quantitative estimate of drug-likeness (QED) is 0.453. The van der Waals surface area contributed by atoms with Gasteiger partial charge in [-0.1, -0.05) is 29.4 Å². The second-order valence-electron chi connectivity index (χ2n) is 7.32. The van der Waals surface area contributed by atoms with Crippen molar-refractivity contribution < 1.29 is 23.5 Å². The van der Waals surface area contributed by atoms with Crippen molar-refractivity contribution in [3.8, 4) is 5.75 Å². The lowest BCUT2D eigenvalue weighted by atomic mass is 10.1. The first-order valence-electron chi connectivity index (χ1n) is 9.97. The van der Waals surface area contributed by atoms with Crippen LogP contribution in [0.4, 0.5) is 8.78 Å². The highest BCUT2D eigenvalue weighted by molar-refractivity contribution is 5.96. The molecule has 2 heterocycles. The van der Waals surface area contributed by atoms with Crippen molar-refractivity contribution in [1.82, 2.24) is 9.58 Å². The van der Waals surface area contributed by atoms with E-state index in [9.17, 15) is 28.3 Å². The van der Waals surface area contributed by atoms with Crippen molar-refractivity contribution in [2.45, 2.75) is 13.1 Å². The first kappa shape index (κ1) is 24.2. The topological polar surface area (TPSA) is 112 Å². The maximum Gasteiger partial charge on any atom is 0.278 e. The first-order chi connectivity index (χ1) is 16.3. The van der Waals surface area contributed by atoms with Crippen LogP contribution >= 0.6 is 0 Å². The first-order valence-corrected chi connectivity index (χ1v) is 9.97. The number of aromatic hydroxyl groups is 1. The summed E-state index contributed by atoms with van der Waals surface area (Å²) >= 11 is 0. The summed E-state index contributed by atoms with van der Waals surface area (Å²) in [5, 5.41) is 14.3. The van der Waals surface area contributed by atoms with Gasteiger partial charge in [-0.15, -0.1) is 0 Å². The highest BCUT2D eigenvalue weighted by Crippen LogP contribution is 2.23. The summed E-state index contributed by atoms with van der Waals surface area (Å²) in [6.07, 6.45) is 1.50. The van der Waals surface area contributed by atoms with Crippen molar-refractivity contribution in [3.63, 3.8) is 0 Å². The molecule has 0 bridgehead atoms. The van der Waals surface area contributed by atoms with Crippen LogP contribution in [0.25, 0.3) is 0 Å². The Balaban J connectivity index is 0.00000103. The number of fused-ring (bicyclic) bond motifs is 1. The Hall–Kier alpha value is -4.41. The van der Waals surface area contributed by atoms with E-state index in [1.54, 1.807) is 17.1 Å². The fourth-order valence-electron chi connectivity index (χ4n) is 3.45. The molecule has 3 aromatic rings. The van der Waals surface area contributed by atoms with Crippen molar-refractivity contribution >= 4 is 12.2 Å². The molecular weight excluding hydrogens is 450 g/mol. The maximum absolute atomic E-state index is 13.3. The normalized spacial score (nSPS) is 12.5. The Bertz CT molecular complexity index is 1260. The zero-order valence-electron chi connectivity index (χ0n) is 18.0. The van der Waals surface area contributed by atoms with Gasteiger partial charge < -0.3 is 10.0 Å². The number of benzene rings is 2. The van der Waals surface area contributed by atoms with Crippen LogP contribution in [0, 0.1) is 16.5 Å². The number of amides is 1. The largest absolute Gasteiger partial charge is 0.502 e. The minimum absolute atomic E-state index is 0.0429. The number of aldehydes is 1. The number of carbonyl (C=O) groups is 2. The number of nitroso groups, excluding NO2 is 1. The van der Waals surface area contributed by atoms with E-state index in [0.29, 0.717) is 17.4 Å². The van der Waals surface area contributed by atoms with Gasteiger partial charge in [0.15, 0.2) is 17.7 Å². The summed E-state index contributed by atoms with van der Waals surface area (Å²) < 4.78 is 27.8. The number of hydrogen-bond acceptors (Lipinski definition) is 7. The monoisotopic (exact) mass is 470 g/mol. The zero-order chi connectivity index (χ0) is 24.8. The molecule has 34 heavy (non-hydrogen) atoms. The van der Waals surface area contributed by atoms with Crippen LogP contribution in [-0.4, -0.2) is 40.6 Å². The number of hydrogen-bond donors (Lipinski definition) is 1. The highest BCUT2D eigenvalue weighted by Gasteiger charge is 2.33.